The highest BCUT2D eigenvalue weighted by Crippen LogP contribution is 2.15. The topological polar surface area (TPSA) is 79.3 Å². The molecule has 1 aromatic carbocycles. The number of hydrogen-bond donors (Lipinski definition) is 1. The maximum Gasteiger partial charge on any atom is 0.241 e. The number of amides is 1. The van der Waals surface area contributed by atoms with E-state index in [4.69, 9.17) is 15.7 Å². The summed E-state index contributed by atoms with van der Waals surface area (Å²) >= 11 is 0. The van der Waals surface area contributed by atoms with Crippen molar-refractivity contribution in [3.8, 4) is 11.8 Å². The van der Waals surface area contributed by atoms with Crippen molar-refractivity contribution in [2.45, 2.75) is 18.5 Å². The minimum Gasteiger partial charge on any atom is -0.497 e. The van der Waals surface area contributed by atoms with Crippen LogP contribution in [0.4, 0.5) is 0 Å². The van der Waals surface area contributed by atoms with Gasteiger partial charge in [-0.2, -0.15) is 5.26 Å². The fraction of sp³-hybridized carbons (Fsp3) is 0.333. The first-order valence-electron chi connectivity index (χ1n) is 6.41. The monoisotopic (exact) mass is 271 g/mol. The third-order valence-corrected chi connectivity index (χ3v) is 3.30. The van der Waals surface area contributed by atoms with Gasteiger partial charge in [-0.25, -0.2) is 0 Å². The summed E-state index contributed by atoms with van der Waals surface area (Å²) in [6.45, 7) is 0.452. The highest BCUT2D eigenvalue weighted by atomic mass is 16.5. The van der Waals surface area contributed by atoms with Crippen LogP contribution in [-0.4, -0.2) is 36.5 Å². The summed E-state index contributed by atoms with van der Waals surface area (Å²) in [5.74, 6) is 0.569. The molecule has 20 heavy (non-hydrogen) atoms. The molecule has 1 aromatic rings. The standard InChI is InChI=1S/C15H17N3O2/c1-20-13-6-4-11(5-7-13)9-14(17)15(19)18-8-2-3-12(18)10-16/h2-7,12,14H,8-9,17H2,1H3/t12-,14?/m0/s1. The Hall–Kier alpha value is -2.32. The van der Waals surface area contributed by atoms with Crippen molar-refractivity contribution in [1.82, 2.24) is 4.90 Å². The number of benzene rings is 1. The Morgan fingerprint density at radius 1 is 1.55 bits per heavy atom. The lowest BCUT2D eigenvalue weighted by molar-refractivity contribution is -0.132. The molecule has 1 heterocycles. The summed E-state index contributed by atoms with van der Waals surface area (Å²) in [4.78, 5) is 13.7. The lowest BCUT2D eigenvalue weighted by Gasteiger charge is -2.23. The molecule has 0 aromatic heterocycles. The largest absolute Gasteiger partial charge is 0.497 e. The van der Waals surface area contributed by atoms with Crippen LogP contribution in [0.1, 0.15) is 5.56 Å². The first-order chi connectivity index (χ1) is 9.65. The summed E-state index contributed by atoms with van der Waals surface area (Å²) in [7, 11) is 1.60. The van der Waals surface area contributed by atoms with Gasteiger partial charge in [-0.1, -0.05) is 18.2 Å². The smallest absolute Gasteiger partial charge is 0.241 e. The first-order valence-corrected chi connectivity index (χ1v) is 6.41. The van der Waals surface area contributed by atoms with Crippen molar-refractivity contribution in [3.63, 3.8) is 0 Å². The second-order valence-electron chi connectivity index (χ2n) is 4.65. The van der Waals surface area contributed by atoms with Gasteiger partial charge >= 0.3 is 0 Å². The molecule has 2 N–H and O–H groups in total. The van der Waals surface area contributed by atoms with E-state index < -0.39 is 12.1 Å². The molecule has 0 saturated carbocycles. The van der Waals surface area contributed by atoms with Crippen LogP contribution < -0.4 is 10.5 Å². The van der Waals surface area contributed by atoms with Crippen molar-refractivity contribution in [2.75, 3.05) is 13.7 Å². The van der Waals surface area contributed by atoms with Crippen LogP contribution in [0.25, 0.3) is 0 Å². The van der Waals surface area contributed by atoms with Gasteiger partial charge in [0, 0.05) is 6.54 Å². The first kappa shape index (κ1) is 14.1. The van der Waals surface area contributed by atoms with Crippen molar-refractivity contribution in [2.24, 2.45) is 5.73 Å². The average molecular weight is 271 g/mol. The molecular formula is C15H17N3O2. The fourth-order valence-electron chi connectivity index (χ4n) is 2.18. The van der Waals surface area contributed by atoms with Crippen LogP contribution >= 0.6 is 0 Å². The molecule has 104 valence electrons. The van der Waals surface area contributed by atoms with Gasteiger partial charge in [0.2, 0.25) is 5.91 Å². The normalized spacial score (nSPS) is 18.6. The molecule has 1 aliphatic rings. The summed E-state index contributed by atoms with van der Waals surface area (Å²) in [6.07, 6.45) is 3.97. The Kier molecular flexibility index (Phi) is 4.38. The lowest BCUT2D eigenvalue weighted by Crippen LogP contribution is -2.46. The van der Waals surface area contributed by atoms with Gasteiger partial charge in [-0.15, -0.1) is 0 Å². The summed E-state index contributed by atoms with van der Waals surface area (Å²) < 4.78 is 5.08. The van der Waals surface area contributed by atoms with Gasteiger partial charge < -0.3 is 15.4 Å². The predicted molar refractivity (Wildman–Crippen MR) is 74.9 cm³/mol. The van der Waals surface area contributed by atoms with Crippen molar-refractivity contribution < 1.29 is 9.53 Å². The number of nitriles is 1. The van der Waals surface area contributed by atoms with E-state index in [-0.39, 0.29) is 5.91 Å². The van der Waals surface area contributed by atoms with E-state index in [0.29, 0.717) is 13.0 Å². The van der Waals surface area contributed by atoms with Crippen molar-refractivity contribution >= 4 is 5.91 Å². The summed E-state index contributed by atoms with van der Waals surface area (Å²) in [6, 6.07) is 8.38. The second-order valence-corrected chi connectivity index (χ2v) is 4.65. The van der Waals surface area contributed by atoms with Crippen molar-refractivity contribution in [3.05, 3.63) is 42.0 Å². The molecular weight excluding hydrogens is 254 g/mol. The zero-order valence-corrected chi connectivity index (χ0v) is 11.3. The third kappa shape index (κ3) is 2.98. The van der Waals surface area contributed by atoms with Gasteiger partial charge in [0.1, 0.15) is 11.8 Å². The van der Waals surface area contributed by atoms with Gasteiger partial charge in [-0.3, -0.25) is 4.79 Å². The molecule has 2 atom stereocenters. The number of hydrogen-bond acceptors (Lipinski definition) is 4. The zero-order chi connectivity index (χ0) is 14.5. The number of nitrogens with two attached hydrogens (primary N) is 1. The lowest BCUT2D eigenvalue weighted by atomic mass is 10.1. The van der Waals surface area contributed by atoms with Crippen LogP contribution in [0.5, 0.6) is 5.75 Å². The molecule has 1 amide bonds. The van der Waals surface area contributed by atoms with E-state index in [1.807, 2.05) is 30.3 Å². The summed E-state index contributed by atoms with van der Waals surface area (Å²) in [5, 5.41) is 8.96. The minimum absolute atomic E-state index is 0.197. The molecule has 0 saturated heterocycles. The molecule has 1 aliphatic heterocycles. The summed E-state index contributed by atoms with van der Waals surface area (Å²) in [5.41, 5.74) is 6.92. The molecule has 0 fully saturated rings. The fourth-order valence-corrected chi connectivity index (χ4v) is 2.18. The molecule has 0 radical (unpaired) electrons. The third-order valence-electron chi connectivity index (χ3n) is 3.30. The van der Waals surface area contributed by atoms with Crippen LogP contribution in [0.3, 0.4) is 0 Å². The van der Waals surface area contributed by atoms with E-state index in [2.05, 4.69) is 6.07 Å². The maximum absolute atomic E-state index is 12.2. The van der Waals surface area contributed by atoms with E-state index in [0.717, 1.165) is 11.3 Å². The van der Waals surface area contributed by atoms with E-state index in [1.165, 1.54) is 4.90 Å². The molecule has 0 aliphatic carbocycles. The number of carbonyl (C=O) groups is 1. The Morgan fingerprint density at radius 3 is 2.85 bits per heavy atom. The molecule has 0 spiro atoms. The Bertz CT molecular complexity index is 545. The number of methoxy groups -OCH3 is 1. The molecule has 2 rings (SSSR count). The van der Waals surface area contributed by atoms with E-state index in [9.17, 15) is 4.79 Å². The highest BCUT2D eigenvalue weighted by molar-refractivity contribution is 5.83. The molecule has 0 bridgehead atoms. The SMILES string of the molecule is COc1ccc(CC(N)C(=O)N2CC=C[C@H]2C#N)cc1. The predicted octanol–water partition coefficient (Wildman–Crippen LogP) is 0.856. The van der Waals surface area contributed by atoms with Gasteiger partial charge in [0.15, 0.2) is 0 Å². The Balaban J connectivity index is 1.99. The second kappa shape index (κ2) is 6.22. The van der Waals surface area contributed by atoms with Crippen molar-refractivity contribution in [1.29, 1.82) is 5.26 Å². The maximum atomic E-state index is 12.2. The van der Waals surface area contributed by atoms with E-state index in [1.54, 1.807) is 13.2 Å². The molecule has 1 unspecified atom stereocenters. The van der Waals surface area contributed by atoms with E-state index >= 15 is 0 Å². The molecule has 5 nitrogen and oxygen atoms in total. The average Bonchev–Trinajstić information content (AvgIpc) is 2.95. The minimum atomic E-state index is -0.640. The zero-order valence-electron chi connectivity index (χ0n) is 11.3. The van der Waals surface area contributed by atoms with Gasteiger partial charge in [0.25, 0.3) is 0 Å². The number of nitrogens with zero attached hydrogens (tertiary/aromatic N) is 2. The number of ether oxygens (including phenoxy) is 1. The Morgan fingerprint density at radius 2 is 2.25 bits per heavy atom. The molecule has 5 heteroatoms. The number of rotatable bonds is 4. The van der Waals surface area contributed by atoms with Crippen LogP contribution in [-0.2, 0) is 11.2 Å². The van der Waals surface area contributed by atoms with Crippen LogP contribution in [0.15, 0.2) is 36.4 Å². The van der Waals surface area contributed by atoms with Gasteiger partial charge in [-0.05, 0) is 30.2 Å². The van der Waals surface area contributed by atoms with Crippen LogP contribution in [0, 0.1) is 11.3 Å². The van der Waals surface area contributed by atoms with Gasteiger partial charge in [0.05, 0.1) is 19.2 Å². The highest BCUT2D eigenvalue weighted by Gasteiger charge is 2.28. The number of carbonyl (C=O) groups excluding carboxylic acids is 1. The Labute approximate surface area is 118 Å². The van der Waals surface area contributed by atoms with Crippen LogP contribution in [0.2, 0.25) is 0 Å². The quantitative estimate of drug-likeness (QED) is 0.824.